The highest BCUT2D eigenvalue weighted by molar-refractivity contribution is 7.89. The Kier molecular flexibility index (Phi) is 7.51. The number of carbonyl (C=O) groups excluding carboxylic acids is 2. The third kappa shape index (κ3) is 5.63. The summed E-state index contributed by atoms with van der Waals surface area (Å²) in [7, 11) is -3.86. The molecule has 0 radical (unpaired) electrons. The topological polar surface area (TPSA) is 110 Å². The van der Waals surface area contributed by atoms with Gasteiger partial charge in [-0.05, 0) is 57.4 Å². The van der Waals surface area contributed by atoms with Gasteiger partial charge >= 0.3 is 0 Å². The fraction of sp³-hybridized carbons (Fsp3) is 0.296. The molecule has 1 N–H and O–H groups in total. The van der Waals surface area contributed by atoms with Crippen molar-refractivity contribution in [3.05, 3.63) is 76.7 Å². The van der Waals surface area contributed by atoms with Gasteiger partial charge in [0.15, 0.2) is 16.4 Å². The van der Waals surface area contributed by atoms with E-state index in [1.54, 1.807) is 43.3 Å². The van der Waals surface area contributed by atoms with Crippen LogP contribution in [0.4, 0.5) is 5.69 Å². The molecular weight excluding hydrogens is 478 g/mol. The van der Waals surface area contributed by atoms with E-state index in [2.05, 4.69) is 10.5 Å². The van der Waals surface area contributed by atoms with E-state index in [9.17, 15) is 18.0 Å². The fourth-order valence-corrected chi connectivity index (χ4v) is 5.92. The lowest BCUT2D eigenvalue weighted by Crippen LogP contribution is -2.41. The number of anilines is 1. The van der Waals surface area contributed by atoms with Crippen LogP contribution in [-0.4, -0.2) is 42.7 Å². The quantitative estimate of drug-likeness (QED) is 0.464. The number of aryl methyl sites for hydroxylation is 2. The van der Waals surface area contributed by atoms with Crippen molar-refractivity contribution < 1.29 is 22.5 Å². The Morgan fingerprint density at radius 3 is 2.42 bits per heavy atom. The second kappa shape index (κ2) is 10.6. The van der Waals surface area contributed by atoms with Crippen molar-refractivity contribution in [2.45, 2.75) is 38.5 Å². The van der Waals surface area contributed by atoms with Gasteiger partial charge in [0.2, 0.25) is 15.9 Å². The minimum absolute atomic E-state index is 0.0508. The van der Waals surface area contributed by atoms with Crippen LogP contribution in [0.2, 0.25) is 0 Å². The molecule has 8 nitrogen and oxygen atoms in total. The predicted octanol–water partition coefficient (Wildman–Crippen LogP) is 4.70. The molecule has 1 aliphatic heterocycles. The number of nitrogens with zero attached hydrogens (tertiary/aromatic N) is 2. The third-order valence-electron chi connectivity index (χ3n) is 6.30. The van der Waals surface area contributed by atoms with Crippen LogP contribution in [0.25, 0.3) is 12.2 Å². The molecule has 0 aliphatic carbocycles. The Hall–Kier alpha value is -3.56. The molecule has 2 heterocycles. The summed E-state index contributed by atoms with van der Waals surface area (Å²) in [5, 5.41) is 6.74. The summed E-state index contributed by atoms with van der Waals surface area (Å²) in [5.41, 5.74) is 3.41. The van der Waals surface area contributed by atoms with Crippen molar-refractivity contribution in [3.8, 4) is 0 Å². The molecule has 0 spiro atoms. The molecular formula is C27H29N3O5S. The predicted molar refractivity (Wildman–Crippen MR) is 138 cm³/mol. The zero-order valence-corrected chi connectivity index (χ0v) is 21.3. The van der Waals surface area contributed by atoms with Crippen LogP contribution in [0.3, 0.4) is 0 Å². The van der Waals surface area contributed by atoms with Gasteiger partial charge in [0.05, 0.1) is 0 Å². The van der Waals surface area contributed by atoms with E-state index in [0.717, 1.165) is 11.1 Å². The van der Waals surface area contributed by atoms with Crippen LogP contribution < -0.4 is 5.32 Å². The number of hydrogen-bond donors (Lipinski definition) is 1. The second-order valence-electron chi connectivity index (χ2n) is 9.01. The molecule has 9 heteroatoms. The molecule has 2 aromatic carbocycles. The third-order valence-corrected chi connectivity index (χ3v) is 8.35. The number of nitrogens with one attached hydrogen (secondary N) is 1. The van der Waals surface area contributed by atoms with Gasteiger partial charge in [0, 0.05) is 30.3 Å². The van der Waals surface area contributed by atoms with Crippen molar-refractivity contribution in [2.75, 3.05) is 18.4 Å². The average Bonchev–Trinajstić information content (AvgIpc) is 3.25. The summed E-state index contributed by atoms with van der Waals surface area (Å²) in [4.78, 5) is 24.4. The summed E-state index contributed by atoms with van der Waals surface area (Å²) >= 11 is 0. The molecule has 0 unspecified atom stereocenters. The van der Waals surface area contributed by atoms with Crippen molar-refractivity contribution in [2.24, 2.45) is 5.92 Å². The lowest BCUT2D eigenvalue weighted by atomic mass is 9.97. The maximum atomic E-state index is 13.5. The Morgan fingerprint density at radius 2 is 1.75 bits per heavy atom. The summed E-state index contributed by atoms with van der Waals surface area (Å²) in [6, 6.07) is 14.6. The summed E-state index contributed by atoms with van der Waals surface area (Å²) < 4.78 is 33.7. The SMILES string of the molecule is CC(=O)c1cccc(NC(=O)C2CCN(S(=O)(=O)c3c(C)noc3/C=C/c3ccc(C)cc3)CC2)c1. The van der Waals surface area contributed by atoms with E-state index in [1.807, 2.05) is 31.2 Å². The van der Waals surface area contributed by atoms with E-state index in [-0.39, 0.29) is 41.4 Å². The first-order chi connectivity index (χ1) is 17.1. The molecule has 0 bridgehead atoms. The van der Waals surface area contributed by atoms with Gasteiger partial charge in [-0.3, -0.25) is 9.59 Å². The van der Waals surface area contributed by atoms with E-state index < -0.39 is 10.0 Å². The number of sulfonamides is 1. The van der Waals surface area contributed by atoms with Crippen LogP contribution >= 0.6 is 0 Å². The zero-order valence-electron chi connectivity index (χ0n) is 20.5. The van der Waals surface area contributed by atoms with E-state index in [4.69, 9.17) is 4.52 Å². The van der Waals surface area contributed by atoms with Crippen LogP contribution in [0.15, 0.2) is 57.9 Å². The summed E-state index contributed by atoms with van der Waals surface area (Å²) in [6.45, 7) is 5.49. The highest BCUT2D eigenvalue weighted by Crippen LogP contribution is 2.29. The Balaban J connectivity index is 1.43. The fourth-order valence-electron chi connectivity index (χ4n) is 4.20. The van der Waals surface area contributed by atoms with Gasteiger partial charge in [-0.15, -0.1) is 0 Å². The van der Waals surface area contributed by atoms with Crippen LogP contribution in [-0.2, 0) is 14.8 Å². The molecule has 1 aliphatic rings. The Bertz CT molecular complexity index is 1400. The molecule has 0 atom stereocenters. The summed E-state index contributed by atoms with van der Waals surface area (Å²) in [5.74, 6) is -0.419. The average molecular weight is 508 g/mol. The van der Waals surface area contributed by atoms with E-state index in [1.165, 1.54) is 11.2 Å². The first-order valence-corrected chi connectivity index (χ1v) is 13.2. The van der Waals surface area contributed by atoms with Gasteiger partial charge in [-0.25, -0.2) is 8.42 Å². The molecule has 36 heavy (non-hydrogen) atoms. The zero-order chi connectivity index (χ0) is 25.9. The van der Waals surface area contributed by atoms with Gasteiger partial charge in [-0.1, -0.05) is 53.2 Å². The minimum Gasteiger partial charge on any atom is -0.355 e. The monoisotopic (exact) mass is 507 g/mol. The number of Topliss-reactive ketones (excluding diaryl/α,β-unsaturated/α-hetero) is 1. The highest BCUT2D eigenvalue weighted by Gasteiger charge is 2.36. The Morgan fingerprint density at radius 1 is 1.06 bits per heavy atom. The van der Waals surface area contributed by atoms with Crippen LogP contribution in [0.5, 0.6) is 0 Å². The molecule has 1 aromatic heterocycles. The molecule has 1 saturated heterocycles. The maximum absolute atomic E-state index is 13.5. The van der Waals surface area contributed by atoms with Crippen LogP contribution in [0, 0.1) is 19.8 Å². The smallest absolute Gasteiger partial charge is 0.248 e. The number of benzene rings is 2. The van der Waals surface area contributed by atoms with Crippen molar-refractivity contribution >= 4 is 39.6 Å². The van der Waals surface area contributed by atoms with Gasteiger partial charge in [0.25, 0.3) is 0 Å². The minimum atomic E-state index is -3.86. The molecule has 1 fully saturated rings. The van der Waals surface area contributed by atoms with Crippen molar-refractivity contribution in [1.82, 2.24) is 9.46 Å². The molecule has 0 saturated carbocycles. The number of ketones is 1. The molecule has 188 valence electrons. The van der Waals surface area contributed by atoms with Gasteiger partial charge in [0.1, 0.15) is 5.69 Å². The van der Waals surface area contributed by atoms with Crippen molar-refractivity contribution in [3.63, 3.8) is 0 Å². The maximum Gasteiger partial charge on any atom is 0.248 e. The number of hydrogen-bond acceptors (Lipinski definition) is 6. The second-order valence-corrected chi connectivity index (χ2v) is 10.9. The number of piperidine rings is 1. The van der Waals surface area contributed by atoms with Gasteiger partial charge in [-0.2, -0.15) is 4.31 Å². The van der Waals surface area contributed by atoms with E-state index in [0.29, 0.717) is 29.8 Å². The lowest BCUT2D eigenvalue weighted by molar-refractivity contribution is -0.120. The first-order valence-electron chi connectivity index (χ1n) is 11.8. The summed E-state index contributed by atoms with van der Waals surface area (Å²) in [6.07, 6.45) is 4.18. The molecule has 1 amide bonds. The highest BCUT2D eigenvalue weighted by atomic mass is 32.2. The largest absolute Gasteiger partial charge is 0.355 e. The van der Waals surface area contributed by atoms with Crippen molar-refractivity contribution in [1.29, 1.82) is 0 Å². The van der Waals surface area contributed by atoms with E-state index >= 15 is 0 Å². The molecule has 4 rings (SSSR count). The number of amides is 1. The normalized spacial score (nSPS) is 15.3. The first kappa shape index (κ1) is 25.5. The lowest BCUT2D eigenvalue weighted by Gasteiger charge is -2.30. The molecule has 3 aromatic rings. The number of carbonyl (C=O) groups is 2. The number of rotatable bonds is 7. The van der Waals surface area contributed by atoms with Gasteiger partial charge < -0.3 is 9.84 Å². The van der Waals surface area contributed by atoms with Crippen LogP contribution in [0.1, 0.15) is 52.7 Å². The number of aromatic nitrogens is 1. The Labute approximate surface area is 211 Å². The standard InChI is InChI=1S/C27H29N3O5S/c1-18-7-9-21(10-8-18)11-12-25-26(19(2)29-35-25)36(33,34)30-15-13-22(14-16-30)27(32)28-24-6-4-5-23(17-24)20(3)31/h4-12,17,22H,13-16H2,1-3H3,(H,28,32)/b12-11+.